The lowest BCUT2D eigenvalue weighted by atomic mass is 10.1. The Labute approximate surface area is 141 Å². The number of rotatable bonds is 4. The molecule has 126 valence electrons. The van der Waals surface area contributed by atoms with E-state index in [0.717, 1.165) is 18.3 Å². The molecule has 1 aromatic heterocycles. The Bertz CT molecular complexity index is 1040. The monoisotopic (exact) mass is 340 g/mol. The quantitative estimate of drug-likeness (QED) is 0.416. The molecule has 0 N–H and O–H groups in total. The van der Waals surface area contributed by atoms with Gasteiger partial charge in [0.25, 0.3) is 11.7 Å². The van der Waals surface area contributed by atoms with Crippen LogP contribution in [0.2, 0.25) is 0 Å². The van der Waals surface area contributed by atoms with Gasteiger partial charge >= 0.3 is 0 Å². The average Bonchev–Trinajstić information content (AvgIpc) is 2.63. The van der Waals surface area contributed by atoms with Crippen molar-refractivity contribution >= 4 is 22.9 Å². The van der Waals surface area contributed by atoms with Crippen LogP contribution >= 0.6 is 0 Å². The van der Waals surface area contributed by atoms with E-state index in [2.05, 4.69) is 0 Å². The molecule has 0 radical (unpaired) electrons. The number of ketones is 1. The lowest BCUT2D eigenvalue weighted by molar-refractivity contribution is -0.464. The van der Waals surface area contributed by atoms with Gasteiger partial charge in [-0.25, -0.2) is 4.39 Å². The van der Waals surface area contributed by atoms with Gasteiger partial charge in [-0.1, -0.05) is 0 Å². The molecule has 3 rings (SSSR count). The van der Waals surface area contributed by atoms with Crippen molar-refractivity contribution in [3.63, 3.8) is 0 Å². The molecule has 0 amide bonds. The molecule has 0 unspecified atom stereocenters. The molecule has 0 fully saturated rings. The first-order valence-electron chi connectivity index (χ1n) is 7.31. The summed E-state index contributed by atoms with van der Waals surface area (Å²) in [6, 6.07) is 9.74. The number of methoxy groups -OCH3 is 1. The van der Waals surface area contributed by atoms with E-state index in [0.29, 0.717) is 20.5 Å². The van der Waals surface area contributed by atoms with Crippen molar-refractivity contribution in [1.29, 1.82) is 0 Å². The molecule has 0 aliphatic carbocycles. The van der Waals surface area contributed by atoms with Gasteiger partial charge in [-0.05, 0) is 42.5 Å². The third-order valence-corrected chi connectivity index (χ3v) is 3.66. The second-order valence-corrected chi connectivity index (χ2v) is 5.23. The third-order valence-electron chi connectivity index (χ3n) is 3.66. The maximum absolute atomic E-state index is 13.3. The summed E-state index contributed by atoms with van der Waals surface area (Å²) in [5.74, 6) is -0.367. The van der Waals surface area contributed by atoms with E-state index in [4.69, 9.17) is 4.74 Å². The first-order chi connectivity index (χ1) is 12.0. The minimum Gasteiger partial charge on any atom is -0.805 e. The molecule has 0 spiro atoms. The normalized spacial score (nSPS) is 11.1. The van der Waals surface area contributed by atoms with Crippen molar-refractivity contribution in [2.75, 3.05) is 7.11 Å². The van der Waals surface area contributed by atoms with Crippen LogP contribution in [0.4, 0.5) is 4.39 Å². The lowest BCUT2D eigenvalue weighted by Gasteiger charge is -2.14. The third kappa shape index (κ3) is 3.25. The number of allylic oxidation sites excluding steroid dienone is 1. The van der Waals surface area contributed by atoms with Crippen LogP contribution in [0.15, 0.2) is 54.7 Å². The molecule has 0 saturated carbocycles. The number of hydrogen-bond donors (Lipinski definition) is 0. The summed E-state index contributed by atoms with van der Waals surface area (Å²) in [6.45, 7) is 0. The predicted octanol–water partition coefficient (Wildman–Crippen LogP) is 2.95. The highest BCUT2D eigenvalue weighted by Crippen LogP contribution is 2.15. The predicted molar refractivity (Wildman–Crippen MR) is 90.4 cm³/mol. The van der Waals surface area contributed by atoms with Gasteiger partial charge in [0.05, 0.1) is 11.5 Å². The molecule has 2 aromatic carbocycles. The number of halogens is 1. The number of benzene rings is 2. The van der Waals surface area contributed by atoms with E-state index in [1.165, 1.54) is 25.3 Å². The van der Waals surface area contributed by atoms with Crippen LogP contribution in [0.5, 0.6) is 5.75 Å². The summed E-state index contributed by atoms with van der Waals surface area (Å²) < 4.78 is 19.2. The Morgan fingerprint density at radius 1 is 1.24 bits per heavy atom. The Balaban J connectivity index is 1.96. The van der Waals surface area contributed by atoms with Crippen LogP contribution in [0.25, 0.3) is 17.1 Å². The Kier molecular flexibility index (Phi) is 4.30. The fourth-order valence-corrected chi connectivity index (χ4v) is 2.35. The van der Waals surface area contributed by atoms with Gasteiger partial charge in [-0.15, -0.1) is 0 Å². The zero-order valence-electron chi connectivity index (χ0n) is 13.2. The summed E-state index contributed by atoms with van der Waals surface area (Å²) in [6.07, 6.45) is 3.43. The Morgan fingerprint density at radius 2 is 1.96 bits per heavy atom. The smallest absolute Gasteiger partial charge is 0.286 e. The molecule has 0 atom stereocenters. The highest BCUT2D eigenvalue weighted by Gasteiger charge is 2.12. The zero-order chi connectivity index (χ0) is 18.0. The summed E-state index contributed by atoms with van der Waals surface area (Å²) >= 11 is 0. The van der Waals surface area contributed by atoms with E-state index in [-0.39, 0.29) is 22.5 Å². The fourth-order valence-electron chi connectivity index (χ4n) is 2.35. The first kappa shape index (κ1) is 16.4. The van der Waals surface area contributed by atoms with Crippen molar-refractivity contribution in [2.24, 2.45) is 0 Å². The van der Waals surface area contributed by atoms with Crippen LogP contribution in [0, 0.1) is 15.9 Å². The van der Waals surface area contributed by atoms with E-state index in [9.17, 15) is 19.3 Å². The van der Waals surface area contributed by atoms with Crippen LogP contribution in [0.1, 0.15) is 16.1 Å². The van der Waals surface area contributed by atoms with Crippen molar-refractivity contribution in [1.82, 2.24) is 4.73 Å². The maximum Gasteiger partial charge on any atom is 0.286 e. The molecule has 7 heteroatoms. The lowest BCUT2D eigenvalue weighted by Crippen LogP contribution is -2.19. The number of hydrogen-bond acceptors (Lipinski definition) is 4. The molecular weight excluding hydrogens is 327 g/mol. The molecule has 1 heterocycles. The van der Waals surface area contributed by atoms with Crippen molar-refractivity contribution in [3.8, 4) is 5.75 Å². The summed E-state index contributed by atoms with van der Waals surface area (Å²) in [5, 5.41) is 12.3. The van der Waals surface area contributed by atoms with Crippen molar-refractivity contribution in [2.45, 2.75) is 0 Å². The van der Waals surface area contributed by atoms with Crippen LogP contribution < -0.4 is 9.16 Å². The standard InChI is InChI=1S/C18H13FN2O4/c1-25-15-6-2-12(3-7-15)18(22)9-5-14-11-20(23)16-8-4-13(19)10-17(16)21(14)24/h2-11H,1H3/b9-5+. The van der Waals surface area contributed by atoms with Crippen LogP contribution in [-0.4, -0.2) is 17.6 Å². The number of fused-ring (bicyclic) bond motifs is 1. The molecule has 0 bridgehead atoms. The minimum absolute atomic E-state index is 0.0371. The van der Waals surface area contributed by atoms with E-state index >= 15 is 0 Å². The van der Waals surface area contributed by atoms with Crippen molar-refractivity contribution < 1.29 is 18.3 Å². The van der Waals surface area contributed by atoms with Crippen molar-refractivity contribution in [3.05, 3.63) is 81.9 Å². The van der Waals surface area contributed by atoms with Gasteiger partial charge in [-0.2, -0.15) is 0 Å². The molecule has 0 aliphatic rings. The fraction of sp³-hybridized carbons (Fsp3) is 0.0556. The second-order valence-electron chi connectivity index (χ2n) is 5.23. The van der Waals surface area contributed by atoms with E-state index in [1.54, 1.807) is 24.3 Å². The average molecular weight is 340 g/mol. The highest BCUT2D eigenvalue weighted by atomic mass is 19.1. The Morgan fingerprint density at radius 3 is 2.64 bits per heavy atom. The minimum atomic E-state index is -0.632. The molecule has 3 aromatic rings. The number of aromatic nitrogens is 2. The first-order valence-corrected chi connectivity index (χ1v) is 7.31. The maximum atomic E-state index is 13.3. The van der Waals surface area contributed by atoms with Gasteiger partial charge in [0, 0.05) is 22.6 Å². The molecule has 25 heavy (non-hydrogen) atoms. The van der Waals surface area contributed by atoms with E-state index in [1.807, 2.05) is 0 Å². The summed E-state index contributed by atoms with van der Waals surface area (Å²) in [7, 11) is 1.52. The number of carbonyl (C=O) groups excluding carboxylic acids is 1. The SMILES string of the molecule is COc1ccc(C(=O)/C=C/c2c[n+](=O)c3ccc(F)cc3n2[O-])cc1. The second kappa shape index (κ2) is 6.56. The van der Waals surface area contributed by atoms with Gasteiger partial charge in [0.15, 0.2) is 5.78 Å². The van der Waals surface area contributed by atoms with Gasteiger partial charge in [0.1, 0.15) is 22.8 Å². The largest absolute Gasteiger partial charge is 0.805 e. The van der Waals surface area contributed by atoms with Gasteiger partial charge in [-0.3, -0.25) is 4.79 Å². The molecular formula is C18H13FN2O4. The zero-order valence-corrected chi connectivity index (χ0v) is 13.2. The summed E-state index contributed by atoms with van der Waals surface area (Å²) in [5.41, 5.74) is 0.246. The topological polar surface area (TPSA) is 77.3 Å². The van der Waals surface area contributed by atoms with Crippen LogP contribution in [-0.2, 0) is 0 Å². The highest BCUT2D eigenvalue weighted by molar-refractivity contribution is 6.06. The van der Waals surface area contributed by atoms with E-state index < -0.39 is 5.82 Å². The summed E-state index contributed by atoms with van der Waals surface area (Å²) in [4.78, 5) is 24.1. The number of nitrogens with zero attached hydrogens (tertiary/aromatic N) is 2. The van der Waals surface area contributed by atoms with Crippen LogP contribution in [0.3, 0.4) is 0 Å². The number of carbonyl (C=O) groups is 1. The van der Waals surface area contributed by atoms with Gasteiger partial charge < -0.3 is 14.7 Å². The molecule has 6 nitrogen and oxygen atoms in total. The Hall–Kier alpha value is -3.48. The molecule has 0 aliphatic heterocycles. The number of ether oxygens (including phenoxy) is 1. The van der Waals surface area contributed by atoms with Gasteiger partial charge in [0.2, 0.25) is 0 Å². The molecule has 0 saturated heterocycles.